The Morgan fingerprint density at radius 1 is 1.31 bits per heavy atom. The van der Waals surface area contributed by atoms with Crippen molar-refractivity contribution >= 4 is 0 Å². The van der Waals surface area contributed by atoms with Crippen molar-refractivity contribution in [2.24, 2.45) is 0 Å². The van der Waals surface area contributed by atoms with Crippen molar-refractivity contribution in [2.45, 2.75) is 38.8 Å². The molecular formula is C14H21NO. The fraction of sp³-hybridized carbons (Fsp3) is 0.571. The zero-order valence-corrected chi connectivity index (χ0v) is 10.2. The second kappa shape index (κ2) is 5.46. The molecule has 1 aliphatic heterocycles. The van der Waals surface area contributed by atoms with Gasteiger partial charge in [-0.15, -0.1) is 0 Å². The van der Waals surface area contributed by atoms with Gasteiger partial charge in [0, 0.05) is 19.2 Å². The average molecular weight is 219 g/mol. The minimum atomic E-state index is 0.220. The zero-order chi connectivity index (χ0) is 11.4. The fourth-order valence-corrected chi connectivity index (χ4v) is 2.13. The molecule has 0 aliphatic carbocycles. The van der Waals surface area contributed by atoms with Crippen LogP contribution in [-0.4, -0.2) is 19.2 Å². The van der Waals surface area contributed by atoms with Gasteiger partial charge in [-0.1, -0.05) is 36.8 Å². The van der Waals surface area contributed by atoms with Crippen LogP contribution in [-0.2, 0) is 4.74 Å². The van der Waals surface area contributed by atoms with Crippen molar-refractivity contribution in [1.29, 1.82) is 0 Å². The minimum Gasteiger partial charge on any atom is -0.372 e. The van der Waals surface area contributed by atoms with Crippen LogP contribution in [0.15, 0.2) is 24.3 Å². The number of hydrogen-bond donors (Lipinski definition) is 1. The first-order valence-electron chi connectivity index (χ1n) is 6.21. The lowest BCUT2D eigenvalue weighted by atomic mass is 10.1. The molecule has 1 aliphatic rings. The maximum atomic E-state index is 5.90. The molecule has 0 spiro atoms. The maximum Gasteiger partial charge on any atom is 0.0949 e. The molecule has 2 rings (SSSR count). The summed E-state index contributed by atoms with van der Waals surface area (Å²) in [4.78, 5) is 0. The molecule has 1 fully saturated rings. The molecule has 16 heavy (non-hydrogen) atoms. The second-order valence-electron chi connectivity index (χ2n) is 4.57. The standard InChI is InChI=1S/C14H21NO/c1-3-13-8-9-16-14(10-15-13)12-6-4-11(2)5-7-12/h4-7,13-15H,3,8-10H2,1-2H3. The van der Waals surface area contributed by atoms with Crippen LogP contribution in [0.4, 0.5) is 0 Å². The van der Waals surface area contributed by atoms with Crippen LogP contribution in [0.5, 0.6) is 0 Å². The summed E-state index contributed by atoms with van der Waals surface area (Å²) in [5.41, 5.74) is 2.59. The topological polar surface area (TPSA) is 21.3 Å². The summed E-state index contributed by atoms with van der Waals surface area (Å²) in [7, 11) is 0. The number of rotatable bonds is 2. The number of ether oxygens (including phenoxy) is 1. The van der Waals surface area contributed by atoms with Gasteiger partial charge in [-0.05, 0) is 25.3 Å². The third-order valence-corrected chi connectivity index (χ3v) is 3.32. The molecule has 0 aromatic heterocycles. The molecule has 0 amide bonds. The highest BCUT2D eigenvalue weighted by Crippen LogP contribution is 2.20. The van der Waals surface area contributed by atoms with Crippen molar-refractivity contribution < 1.29 is 4.74 Å². The number of aryl methyl sites for hydroxylation is 1. The lowest BCUT2D eigenvalue weighted by Crippen LogP contribution is -2.29. The predicted molar refractivity (Wildman–Crippen MR) is 66.6 cm³/mol. The van der Waals surface area contributed by atoms with E-state index in [2.05, 4.69) is 43.4 Å². The van der Waals surface area contributed by atoms with Crippen LogP contribution in [0.2, 0.25) is 0 Å². The summed E-state index contributed by atoms with van der Waals surface area (Å²) < 4.78 is 5.90. The Kier molecular flexibility index (Phi) is 3.97. The molecule has 1 aromatic carbocycles. The Balaban J connectivity index is 2.02. The van der Waals surface area contributed by atoms with Crippen molar-refractivity contribution in [3.05, 3.63) is 35.4 Å². The van der Waals surface area contributed by atoms with E-state index < -0.39 is 0 Å². The smallest absolute Gasteiger partial charge is 0.0949 e. The van der Waals surface area contributed by atoms with Crippen LogP contribution < -0.4 is 5.32 Å². The number of hydrogen-bond acceptors (Lipinski definition) is 2. The third-order valence-electron chi connectivity index (χ3n) is 3.32. The first kappa shape index (κ1) is 11.6. The Bertz CT molecular complexity index is 320. The summed E-state index contributed by atoms with van der Waals surface area (Å²) in [6, 6.07) is 9.28. The van der Waals surface area contributed by atoms with E-state index in [1.54, 1.807) is 0 Å². The maximum absolute atomic E-state index is 5.90. The van der Waals surface area contributed by atoms with Gasteiger partial charge in [0.25, 0.3) is 0 Å². The van der Waals surface area contributed by atoms with E-state index >= 15 is 0 Å². The summed E-state index contributed by atoms with van der Waals surface area (Å²) in [6.07, 6.45) is 2.53. The monoisotopic (exact) mass is 219 g/mol. The van der Waals surface area contributed by atoms with E-state index in [0.29, 0.717) is 6.04 Å². The molecule has 2 unspecified atom stereocenters. The molecule has 1 saturated heterocycles. The van der Waals surface area contributed by atoms with Gasteiger partial charge >= 0.3 is 0 Å². The van der Waals surface area contributed by atoms with Crippen molar-refractivity contribution in [2.75, 3.05) is 13.2 Å². The second-order valence-corrected chi connectivity index (χ2v) is 4.57. The fourth-order valence-electron chi connectivity index (χ4n) is 2.13. The lowest BCUT2D eigenvalue weighted by molar-refractivity contribution is 0.0663. The van der Waals surface area contributed by atoms with Crippen molar-refractivity contribution in [3.63, 3.8) is 0 Å². The lowest BCUT2D eigenvalue weighted by Gasteiger charge is -2.16. The van der Waals surface area contributed by atoms with Crippen LogP contribution in [0.1, 0.15) is 37.0 Å². The van der Waals surface area contributed by atoms with Crippen LogP contribution in [0.25, 0.3) is 0 Å². The highest BCUT2D eigenvalue weighted by atomic mass is 16.5. The molecule has 1 N–H and O–H groups in total. The van der Waals surface area contributed by atoms with E-state index in [9.17, 15) is 0 Å². The van der Waals surface area contributed by atoms with Gasteiger partial charge in [0.05, 0.1) is 6.10 Å². The molecule has 2 heteroatoms. The molecule has 1 aromatic rings. The summed E-state index contributed by atoms with van der Waals surface area (Å²) in [5.74, 6) is 0. The first-order chi connectivity index (χ1) is 7.79. The highest BCUT2D eigenvalue weighted by molar-refractivity contribution is 5.23. The van der Waals surface area contributed by atoms with Gasteiger partial charge < -0.3 is 10.1 Å². The summed E-state index contributed by atoms with van der Waals surface area (Å²) in [5, 5.41) is 3.57. The Morgan fingerprint density at radius 3 is 2.75 bits per heavy atom. The van der Waals surface area contributed by atoms with Gasteiger partial charge in [0.1, 0.15) is 0 Å². The molecule has 0 saturated carbocycles. The Labute approximate surface area is 98.0 Å². The zero-order valence-electron chi connectivity index (χ0n) is 10.2. The number of nitrogens with one attached hydrogen (secondary N) is 1. The molecule has 1 heterocycles. The van der Waals surface area contributed by atoms with Crippen molar-refractivity contribution in [3.8, 4) is 0 Å². The van der Waals surface area contributed by atoms with E-state index in [-0.39, 0.29) is 6.10 Å². The van der Waals surface area contributed by atoms with Crippen LogP contribution in [0.3, 0.4) is 0 Å². The van der Waals surface area contributed by atoms with E-state index in [0.717, 1.165) is 19.6 Å². The highest BCUT2D eigenvalue weighted by Gasteiger charge is 2.18. The molecule has 2 atom stereocenters. The van der Waals surface area contributed by atoms with E-state index in [4.69, 9.17) is 4.74 Å². The molecular weight excluding hydrogens is 198 g/mol. The molecule has 0 bridgehead atoms. The normalized spacial score (nSPS) is 26.4. The van der Waals surface area contributed by atoms with E-state index in [1.807, 2.05) is 0 Å². The van der Waals surface area contributed by atoms with Gasteiger partial charge in [-0.3, -0.25) is 0 Å². The minimum absolute atomic E-state index is 0.220. The average Bonchev–Trinajstić information content (AvgIpc) is 2.55. The van der Waals surface area contributed by atoms with Crippen molar-refractivity contribution in [1.82, 2.24) is 5.32 Å². The quantitative estimate of drug-likeness (QED) is 0.826. The number of benzene rings is 1. The predicted octanol–water partition coefficient (Wildman–Crippen LogP) is 2.82. The molecule has 88 valence electrons. The van der Waals surface area contributed by atoms with Gasteiger partial charge in [0.15, 0.2) is 0 Å². The van der Waals surface area contributed by atoms with Gasteiger partial charge in [0.2, 0.25) is 0 Å². The van der Waals surface area contributed by atoms with Crippen LogP contribution >= 0.6 is 0 Å². The largest absolute Gasteiger partial charge is 0.372 e. The summed E-state index contributed by atoms with van der Waals surface area (Å²) in [6.45, 7) is 6.14. The Morgan fingerprint density at radius 2 is 2.06 bits per heavy atom. The van der Waals surface area contributed by atoms with Crippen LogP contribution in [0, 0.1) is 6.92 Å². The van der Waals surface area contributed by atoms with E-state index in [1.165, 1.54) is 17.5 Å². The van der Waals surface area contributed by atoms with Gasteiger partial charge in [-0.25, -0.2) is 0 Å². The summed E-state index contributed by atoms with van der Waals surface area (Å²) >= 11 is 0. The third kappa shape index (κ3) is 2.83. The first-order valence-corrected chi connectivity index (χ1v) is 6.21. The molecule has 2 nitrogen and oxygen atoms in total. The SMILES string of the molecule is CCC1CCOC(c2ccc(C)cc2)CN1. The Hall–Kier alpha value is -0.860. The van der Waals surface area contributed by atoms with Gasteiger partial charge in [-0.2, -0.15) is 0 Å². The molecule has 0 radical (unpaired) electrons.